The number of nitrogen functional groups attached to an aromatic ring is 1. The maximum absolute atomic E-state index is 12.6. The molecule has 0 bridgehead atoms. The van der Waals surface area contributed by atoms with Crippen molar-refractivity contribution in [3.05, 3.63) is 64.2 Å². The summed E-state index contributed by atoms with van der Waals surface area (Å²) in [7, 11) is 0. The van der Waals surface area contributed by atoms with Gasteiger partial charge in [0.2, 0.25) is 0 Å². The first kappa shape index (κ1) is 13.0. The van der Waals surface area contributed by atoms with Crippen molar-refractivity contribution in [1.82, 2.24) is 4.90 Å². The van der Waals surface area contributed by atoms with Crippen LogP contribution in [0.15, 0.2) is 42.5 Å². The van der Waals surface area contributed by atoms with Crippen LogP contribution in [0, 0.1) is 0 Å². The molecule has 0 aliphatic carbocycles. The number of anilines is 1. The molecule has 1 heterocycles. The van der Waals surface area contributed by atoms with Gasteiger partial charge in [0.15, 0.2) is 0 Å². The molecule has 2 aromatic rings. The second-order valence-electron chi connectivity index (χ2n) is 4.95. The number of amides is 1. The summed E-state index contributed by atoms with van der Waals surface area (Å²) < 4.78 is 0. The highest BCUT2D eigenvalue weighted by Gasteiger charge is 2.24. The van der Waals surface area contributed by atoms with E-state index in [0.717, 1.165) is 6.42 Å². The number of benzene rings is 2. The highest BCUT2D eigenvalue weighted by Crippen LogP contribution is 2.26. The third kappa shape index (κ3) is 2.25. The Morgan fingerprint density at radius 1 is 1.10 bits per heavy atom. The minimum atomic E-state index is -0.0948. The number of carbonyl (C=O) groups is 1. The predicted molar refractivity (Wildman–Crippen MR) is 80.8 cm³/mol. The maximum atomic E-state index is 12.6. The van der Waals surface area contributed by atoms with Crippen LogP contribution in [0.25, 0.3) is 0 Å². The third-order valence-electron chi connectivity index (χ3n) is 3.68. The van der Waals surface area contributed by atoms with Crippen LogP contribution in [0.4, 0.5) is 5.69 Å². The van der Waals surface area contributed by atoms with E-state index in [1.54, 1.807) is 23.1 Å². The zero-order chi connectivity index (χ0) is 14.1. The average Bonchev–Trinajstić information content (AvgIpc) is 2.46. The quantitative estimate of drug-likeness (QED) is 0.819. The molecular weight excluding hydrogens is 272 g/mol. The number of nitrogens with two attached hydrogens (primary N) is 1. The summed E-state index contributed by atoms with van der Waals surface area (Å²) in [6.45, 7) is 1.31. The number of hydrogen-bond acceptors (Lipinski definition) is 2. The van der Waals surface area contributed by atoms with Crippen molar-refractivity contribution in [3.8, 4) is 0 Å². The monoisotopic (exact) mass is 286 g/mol. The Morgan fingerprint density at radius 3 is 2.60 bits per heavy atom. The Bertz CT molecular complexity index is 649. The van der Waals surface area contributed by atoms with Gasteiger partial charge in [-0.2, -0.15) is 0 Å². The minimum Gasteiger partial charge on any atom is -0.398 e. The molecule has 4 heteroatoms. The Kier molecular flexibility index (Phi) is 3.36. The summed E-state index contributed by atoms with van der Waals surface area (Å²) in [5.41, 5.74) is 9.24. The third-order valence-corrected chi connectivity index (χ3v) is 3.99. The minimum absolute atomic E-state index is 0.0948. The van der Waals surface area contributed by atoms with Gasteiger partial charge in [0, 0.05) is 18.8 Å². The zero-order valence-corrected chi connectivity index (χ0v) is 11.7. The molecule has 2 N–H and O–H groups in total. The molecule has 0 fully saturated rings. The fourth-order valence-corrected chi connectivity index (χ4v) is 2.86. The van der Waals surface area contributed by atoms with Crippen molar-refractivity contribution in [3.63, 3.8) is 0 Å². The van der Waals surface area contributed by atoms with Crippen LogP contribution in [-0.4, -0.2) is 17.4 Å². The van der Waals surface area contributed by atoms with Gasteiger partial charge in [-0.1, -0.05) is 41.9 Å². The lowest BCUT2D eigenvalue weighted by molar-refractivity contribution is 0.0736. The highest BCUT2D eigenvalue weighted by atomic mass is 35.5. The second kappa shape index (κ2) is 5.17. The van der Waals surface area contributed by atoms with E-state index in [1.165, 1.54) is 11.1 Å². The molecule has 0 aromatic heterocycles. The van der Waals surface area contributed by atoms with Gasteiger partial charge in [-0.25, -0.2) is 0 Å². The Balaban J connectivity index is 1.90. The number of carbonyl (C=O) groups excluding carboxylic acids is 1. The SMILES string of the molecule is Nc1cccc(Cl)c1C(=O)N1CCc2ccccc2C1. The van der Waals surface area contributed by atoms with Crippen LogP contribution in [-0.2, 0) is 13.0 Å². The summed E-state index contributed by atoms with van der Waals surface area (Å²) in [5, 5.41) is 0.411. The summed E-state index contributed by atoms with van der Waals surface area (Å²) >= 11 is 6.12. The van der Waals surface area contributed by atoms with Gasteiger partial charge in [-0.15, -0.1) is 0 Å². The molecule has 3 nitrogen and oxygen atoms in total. The molecule has 2 aromatic carbocycles. The van der Waals surface area contributed by atoms with E-state index >= 15 is 0 Å². The van der Waals surface area contributed by atoms with Crippen molar-refractivity contribution in [2.75, 3.05) is 12.3 Å². The van der Waals surface area contributed by atoms with Crippen LogP contribution in [0.2, 0.25) is 5.02 Å². The lowest BCUT2D eigenvalue weighted by Crippen LogP contribution is -2.36. The zero-order valence-electron chi connectivity index (χ0n) is 11.0. The fourth-order valence-electron chi connectivity index (χ4n) is 2.59. The summed E-state index contributed by atoms with van der Waals surface area (Å²) in [6, 6.07) is 13.4. The first-order chi connectivity index (χ1) is 9.66. The van der Waals surface area contributed by atoms with E-state index in [2.05, 4.69) is 12.1 Å². The van der Waals surface area contributed by atoms with Crippen molar-refractivity contribution in [1.29, 1.82) is 0 Å². The molecule has 3 rings (SSSR count). The smallest absolute Gasteiger partial charge is 0.257 e. The summed E-state index contributed by atoms with van der Waals surface area (Å²) in [6.07, 6.45) is 0.867. The van der Waals surface area contributed by atoms with Crippen LogP contribution in [0.5, 0.6) is 0 Å². The number of fused-ring (bicyclic) bond motifs is 1. The van der Waals surface area contributed by atoms with E-state index in [4.69, 9.17) is 17.3 Å². The number of halogens is 1. The van der Waals surface area contributed by atoms with E-state index < -0.39 is 0 Å². The van der Waals surface area contributed by atoms with Crippen LogP contribution in [0.1, 0.15) is 21.5 Å². The van der Waals surface area contributed by atoms with Gasteiger partial charge in [0.1, 0.15) is 0 Å². The maximum Gasteiger partial charge on any atom is 0.257 e. The first-order valence-corrected chi connectivity index (χ1v) is 6.94. The normalized spacial score (nSPS) is 13.9. The summed E-state index contributed by atoms with van der Waals surface area (Å²) in [5.74, 6) is -0.0948. The summed E-state index contributed by atoms with van der Waals surface area (Å²) in [4.78, 5) is 14.4. The predicted octanol–water partition coefficient (Wildman–Crippen LogP) is 3.12. The molecule has 102 valence electrons. The second-order valence-corrected chi connectivity index (χ2v) is 5.36. The molecule has 0 spiro atoms. The van der Waals surface area contributed by atoms with Gasteiger partial charge in [0.25, 0.3) is 5.91 Å². The molecule has 0 saturated carbocycles. The number of rotatable bonds is 1. The largest absolute Gasteiger partial charge is 0.398 e. The van der Waals surface area contributed by atoms with Gasteiger partial charge < -0.3 is 10.6 Å². The van der Waals surface area contributed by atoms with E-state index in [1.807, 2.05) is 12.1 Å². The number of hydrogen-bond donors (Lipinski definition) is 1. The van der Waals surface area contributed by atoms with Crippen molar-refractivity contribution in [2.45, 2.75) is 13.0 Å². The molecular formula is C16H15ClN2O. The van der Waals surface area contributed by atoms with Crippen LogP contribution >= 0.6 is 11.6 Å². The Hall–Kier alpha value is -2.00. The Morgan fingerprint density at radius 2 is 1.85 bits per heavy atom. The average molecular weight is 287 g/mol. The van der Waals surface area contributed by atoms with Gasteiger partial charge in [-0.05, 0) is 29.7 Å². The lowest BCUT2D eigenvalue weighted by Gasteiger charge is -2.29. The fraction of sp³-hybridized carbons (Fsp3) is 0.188. The van der Waals surface area contributed by atoms with Gasteiger partial charge >= 0.3 is 0 Å². The van der Waals surface area contributed by atoms with Crippen LogP contribution in [0.3, 0.4) is 0 Å². The van der Waals surface area contributed by atoms with Crippen molar-refractivity contribution >= 4 is 23.2 Å². The lowest BCUT2D eigenvalue weighted by atomic mass is 9.99. The van der Waals surface area contributed by atoms with Gasteiger partial charge in [-0.3, -0.25) is 4.79 Å². The molecule has 0 atom stereocenters. The molecule has 1 aliphatic rings. The van der Waals surface area contributed by atoms with Crippen LogP contribution < -0.4 is 5.73 Å². The molecule has 1 aliphatic heterocycles. The Labute approximate surface area is 123 Å². The van der Waals surface area contributed by atoms with E-state index in [9.17, 15) is 4.79 Å². The van der Waals surface area contributed by atoms with E-state index in [-0.39, 0.29) is 5.91 Å². The van der Waals surface area contributed by atoms with Crippen molar-refractivity contribution < 1.29 is 4.79 Å². The molecule has 0 radical (unpaired) electrons. The standard InChI is InChI=1S/C16H15ClN2O/c17-13-6-3-7-14(18)15(13)16(20)19-9-8-11-4-1-2-5-12(11)10-19/h1-7H,8-10,18H2. The first-order valence-electron chi connectivity index (χ1n) is 6.57. The molecule has 0 unspecified atom stereocenters. The topological polar surface area (TPSA) is 46.3 Å². The highest BCUT2D eigenvalue weighted by molar-refractivity contribution is 6.34. The van der Waals surface area contributed by atoms with Gasteiger partial charge in [0.05, 0.1) is 10.6 Å². The van der Waals surface area contributed by atoms with Crippen molar-refractivity contribution in [2.24, 2.45) is 0 Å². The molecule has 0 saturated heterocycles. The molecule has 1 amide bonds. The van der Waals surface area contributed by atoms with E-state index in [0.29, 0.717) is 29.4 Å². The number of nitrogens with zero attached hydrogens (tertiary/aromatic N) is 1. The molecule has 20 heavy (non-hydrogen) atoms.